The van der Waals surface area contributed by atoms with Crippen LogP contribution < -0.4 is 0 Å². The summed E-state index contributed by atoms with van der Waals surface area (Å²) in [5.41, 5.74) is 0. The van der Waals surface area contributed by atoms with Crippen LogP contribution in [0.5, 0.6) is 0 Å². The highest BCUT2D eigenvalue weighted by atomic mass is 16.2. The van der Waals surface area contributed by atoms with Crippen molar-refractivity contribution in [3.05, 3.63) is 0 Å². The van der Waals surface area contributed by atoms with Gasteiger partial charge in [-0.15, -0.1) is 0 Å². The second-order valence-electron chi connectivity index (χ2n) is 6.15. The maximum Gasteiger partial charge on any atom is 0.223 e. The van der Waals surface area contributed by atoms with Crippen molar-refractivity contribution in [3.8, 4) is 0 Å². The molecule has 3 aliphatic rings. The molecule has 3 rings (SSSR count). The van der Waals surface area contributed by atoms with Crippen molar-refractivity contribution in [2.75, 3.05) is 13.1 Å². The summed E-state index contributed by atoms with van der Waals surface area (Å²) in [5, 5.41) is 0. The van der Waals surface area contributed by atoms with Gasteiger partial charge in [0.2, 0.25) is 5.91 Å². The molecule has 3 heteroatoms. The average molecular weight is 238 g/mol. The van der Waals surface area contributed by atoms with Crippen molar-refractivity contribution in [1.82, 2.24) is 9.80 Å². The molecule has 3 atom stereocenters. The van der Waals surface area contributed by atoms with Crippen LogP contribution in [0.2, 0.25) is 0 Å². The molecule has 0 aliphatic carbocycles. The number of amides is 1. The highest BCUT2D eigenvalue weighted by Crippen LogP contribution is 2.34. The Morgan fingerprint density at radius 3 is 2.29 bits per heavy atom. The minimum atomic E-state index is 0.380. The van der Waals surface area contributed by atoms with Gasteiger partial charge in [-0.3, -0.25) is 9.69 Å². The van der Waals surface area contributed by atoms with Crippen molar-refractivity contribution in [3.63, 3.8) is 0 Å². The molecule has 0 aromatic carbocycles. The lowest BCUT2D eigenvalue weighted by Gasteiger charge is -2.57. The van der Waals surface area contributed by atoms with Gasteiger partial charge < -0.3 is 4.90 Å². The van der Waals surface area contributed by atoms with E-state index in [1.54, 1.807) is 0 Å². The summed E-state index contributed by atoms with van der Waals surface area (Å²) in [6, 6.07) is 1.69. The summed E-state index contributed by atoms with van der Waals surface area (Å²) in [5.74, 6) is 0.861. The van der Waals surface area contributed by atoms with Gasteiger partial charge >= 0.3 is 0 Å². The van der Waals surface area contributed by atoms with Crippen molar-refractivity contribution in [2.45, 2.75) is 65.1 Å². The Hall–Kier alpha value is -0.570. The van der Waals surface area contributed by atoms with E-state index < -0.39 is 0 Å². The Kier molecular flexibility index (Phi) is 3.76. The summed E-state index contributed by atoms with van der Waals surface area (Å²) in [6.07, 6.45) is 3.16. The molecule has 1 amide bonds. The zero-order chi connectivity index (χ0) is 12.6. The van der Waals surface area contributed by atoms with Gasteiger partial charge in [0.25, 0.3) is 0 Å². The quantitative estimate of drug-likeness (QED) is 0.749. The first-order valence-electron chi connectivity index (χ1n) is 7.08. The van der Waals surface area contributed by atoms with Crippen molar-refractivity contribution >= 4 is 5.91 Å². The number of hydrogen-bond acceptors (Lipinski definition) is 2. The maximum absolute atomic E-state index is 12.1. The highest BCUT2D eigenvalue weighted by Gasteiger charge is 2.47. The molecule has 0 saturated carbocycles. The van der Waals surface area contributed by atoms with E-state index in [1.165, 1.54) is 12.8 Å². The number of carbonyl (C=O) groups excluding carboxylic acids is 1. The van der Waals surface area contributed by atoms with Crippen LogP contribution in [0.15, 0.2) is 0 Å². The molecule has 0 spiro atoms. The molecule has 0 N–H and O–H groups in total. The van der Waals surface area contributed by atoms with Crippen molar-refractivity contribution in [2.24, 2.45) is 5.92 Å². The van der Waals surface area contributed by atoms with E-state index in [4.69, 9.17) is 0 Å². The molecular formula is C14H26N2O. The van der Waals surface area contributed by atoms with Gasteiger partial charge in [-0.05, 0) is 25.7 Å². The number of carbonyl (C=O) groups is 1. The Morgan fingerprint density at radius 1 is 1.24 bits per heavy atom. The Balaban J connectivity index is 1.89. The Morgan fingerprint density at radius 2 is 1.82 bits per heavy atom. The number of fused-ring (bicyclic) bond motifs is 2. The lowest BCUT2D eigenvalue weighted by molar-refractivity contribution is -0.156. The second kappa shape index (κ2) is 4.97. The van der Waals surface area contributed by atoms with E-state index in [9.17, 15) is 4.79 Å². The van der Waals surface area contributed by atoms with Crippen LogP contribution in [0.4, 0.5) is 0 Å². The molecular weight excluding hydrogens is 212 g/mol. The molecule has 0 aromatic heterocycles. The predicted molar refractivity (Wildman–Crippen MR) is 69.8 cm³/mol. The summed E-state index contributed by atoms with van der Waals surface area (Å²) in [6.45, 7) is 11.0. The summed E-state index contributed by atoms with van der Waals surface area (Å²) in [4.78, 5) is 16.8. The lowest BCUT2D eigenvalue weighted by Crippen LogP contribution is -2.71. The molecule has 3 saturated heterocycles. The van der Waals surface area contributed by atoms with E-state index in [-0.39, 0.29) is 0 Å². The first-order valence-corrected chi connectivity index (χ1v) is 7.08. The minimum Gasteiger partial charge on any atom is -0.334 e. The second-order valence-corrected chi connectivity index (χ2v) is 6.15. The van der Waals surface area contributed by atoms with Crippen LogP contribution in [0.3, 0.4) is 0 Å². The molecule has 17 heavy (non-hydrogen) atoms. The first-order chi connectivity index (χ1) is 8.02. The fourth-order valence-corrected chi connectivity index (χ4v) is 3.12. The van der Waals surface area contributed by atoms with Gasteiger partial charge in [-0.1, -0.05) is 20.8 Å². The van der Waals surface area contributed by atoms with E-state index in [0.717, 1.165) is 19.5 Å². The zero-order valence-electron chi connectivity index (χ0n) is 11.6. The van der Waals surface area contributed by atoms with Crippen molar-refractivity contribution < 1.29 is 4.79 Å². The van der Waals surface area contributed by atoms with Gasteiger partial charge in [0.15, 0.2) is 0 Å². The van der Waals surface area contributed by atoms with Crippen LogP contribution in [-0.2, 0) is 4.79 Å². The molecule has 0 aromatic rings. The largest absolute Gasteiger partial charge is 0.334 e. The van der Waals surface area contributed by atoms with E-state index in [2.05, 4.69) is 37.5 Å². The number of piperazine rings is 1. The van der Waals surface area contributed by atoms with Gasteiger partial charge in [-0.25, -0.2) is 0 Å². The highest BCUT2D eigenvalue weighted by molar-refractivity contribution is 5.78. The Bertz CT molecular complexity index is 278. The molecule has 3 aliphatic heterocycles. The van der Waals surface area contributed by atoms with Gasteiger partial charge in [0, 0.05) is 37.6 Å². The lowest BCUT2D eigenvalue weighted by atomic mass is 9.85. The van der Waals surface area contributed by atoms with Gasteiger partial charge in [-0.2, -0.15) is 0 Å². The minimum absolute atomic E-state index is 0.380. The normalized spacial score (nSPS) is 30.3. The predicted octanol–water partition coefficient (Wildman–Crippen LogP) is 2.12. The fourth-order valence-electron chi connectivity index (χ4n) is 3.12. The summed E-state index contributed by atoms with van der Waals surface area (Å²) < 4.78 is 0. The molecule has 98 valence electrons. The fraction of sp³-hybridized carbons (Fsp3) is 0.929. The van der Waals surface area contributed by atoms with Crippen LogP contribution in [0.1, 0.15) is 47.0 Å². The molecule has 2 bridgehead atoms. The summed E-state index contributed by atoms with van der Waals surface area (Å²) in [7, 11) is 0. The molecule has 3 unspecified atom stereocenters. The SMILES string of the molecule is CCC(C)N1CC2CC(C1)N2C(=O)CC(C)C. The number of hydrogen-bond donors (Lipinski definition) is 0. The molecule has 3 fully saturated rings. The standard InChI is InChI=1S/C14H26N2O/c1-5-11(4)15-8-12-7-13(9-15)16(12)14(17)6-10(2)3/h10-13H,5-9H2,1-4H3. The van der Waals surface area contributed by atoms with Crippen LogP contribution in [-0.4, -0.2) is 46.9 Å². The smallest absolute Gasteiger partial charge is 0.223 e. The third-order valence-corrected chi connectivity index (χ3v) is 4.31. The number of piperidine rings is 1. The molecule has 3 nitrogen and oxygen atoms in total. The topological polar surface area (TPSA) is 23.6 Å². The van der Waals surface area contributed by atoms with E-state index >= 15 is 0 Å². The van der Waals surface area contributed by atoms with Crippen LogP contribution >= 0.6 is 0 Å². The monoisotopic (exact) mass is 238 g/mol. The average Bonchev–Trinajstić information content (AvgIpc) is 2.26. The maximum atomic E-state index is 12.1. The molecule has 0 radical (unpaired) electrons. The number of rotatable bonds is 4. The van der Waals surface area contributed by atoms with Crippen LogP contribution in [0.25, 0.3) is 0 Å². The zero-order valence-corrected chi connectivity index (χ0v) is 11.6. The molecule has 3 heterocycles. The van der Waals surface area contributed by atoms with Gasteiger partial charge in [0.05, 0.1) is 0 Å². The van der Waals surface area contributed by atoms with E-state index in [1.807, 2.05) is 0 Å². The third-order valence-electron chi connectivity index (χ3n) is 4.31. The van der Waals surface area contributed by atoms with E-state index in [0.29, 0.717) is 30.0 Å². The van der Waals surface area contributed by atoms with Gasteiger partial charge in [0.1, 0.15) is 0 Å². The Labute approximate surface area is 105 Å². The summed E-state index contributed by atoms with van der Waals surface area (Å²) >= 11 is 0. The van der Waals surface area contributed by atoms with Crippen molar-refractivity contribution in [1.29, 1.82) is 0 Å². The third kappa shape index (κ3) is 2.49. The number of nitrogens with zero attached hydrogens (tertiary/aromatic N) is 2. The first kappa shape index (κ1) is 12.9. The van der Waals surface area contributed by atoms with Crippen LogP contribution in [0, 0.1) is 5.92 Å².